The molecule has 4 aromatic carbocycles. The molecule has 0 amide bonds. The Morgan fingerprint density at radius 3 is 0.818 bits per heavy atom. The van der Waals surface area contributed by atoms with Crippen molar-refractivity contribution in [3.05, 3.63) is 139 Å². The number of benzene rings is 4. The van der Waals surface area contributed by atoms with Crippen LogP contribution in [-0.2, 0) is 0 Å². The van der Waals surface area contributed by atoms with Gasteiger partial charge in [0.15, 0.2) is 0 Å². The molecule has 0 saturated carbocycles. The van der Waals surface area contributed by atoms with E-state index in [4.69, 9.17) is 46.4 Å². The van der Waals surface area contributed by atoms with E-state index in [9.17, 15) is 0 Å². The molecule has 0 spiro atoms. The van der Waals surface area contributed by atoms with Gasteiger partial charge in [0.1, 0.15) is 0 Å². The first-order chi connectivity index (χ1) is 16.0. The topological polar surface area (TPSA) is 0 Å². The Morgan fingerprint density at radius 1 is 0.394 bits per heavy atom. The van der Waals surface area contributed by atoms with Crippen LogP contribution in [0.5, 0.6) is 0 Å². The average Bonchev–Trinajstić information content (AvgIpc) is 2.82. The van der Waals surface area contributed by atoms with Crippen LogP contribution in [0.15, 0.2) is 97.1 Å². The van der Waals surface area contributed by atoms with Crippen LogP contribution in [0.4, 0.5) is 0 Å². The minimum absolute atomic E-state index is 0.449. The summed E-state index contributed by atoms with van der Waals surface area (Å²) in [6, 6.07) is 33.3. The predicted molar refractivity (Wildman–Crippen MR) is 149 cm³/mol. The van der Waals surface area contributed by atoms with E-state index in [0.29, 0.717) is 7.87 Å². The Bertz CT molecular complexity index is 979. The summed E-state index contributed by atoms with van der Waals surface area (Å²) in [5, 5.41) is 3.09. The van der Waals surface area contributed by atoms with Crippen LogP contribution in [0, 0.1) is 0 Å². The summed E-state index contributed by atoms with van der Waals surface area (Å²) in [7, 11) is 0. The fourth-order valence-electron chi connectivity index (χ4n) is 3.43. The molecule has 4 rings (SSSR count). The summed E-state index contributed by atoms with van der Waals surface area (Å²) in [4.78, 5) is 0. The first-order valence-electron chi connectivity index (χ1n) is 10.2. The van der Waals surface area contributed by atoms with Gasteiger partial charge in [0, 0.05) is 0 Å². The van der Waals surface area contributed by atoms with Crippen molar-refractivity contribution in [2.24, 2.45) is 0 Å². The molecule has 0 N–H and O–H groups in total. The maximum absolute atomic E-state index is 6.17. The summed E-state index contributed by atoms with van der Waals surface area (Å²) in [6.45, 7) is 0. The van der Waals surface area contributed by atoms with E-state index in [1.54, 1.807) is 0 Å². The first-order valence-corrected chi connectivity index (χ1v) is 22.8. The average molecular weight is 742 g/mol. The molecule has 164 valence electrons. The van der Waals surface area contributed by atoms with Crippen molar-refractivity contribution >= 4 is 92.1 Å². The van der Waals surface area contributed by atoms with Crippen molar-refractivity contribution < 1.29 is 0 Å². The molecule has 7 heteroatoms. The predicted octanol–water partition coefficient (Wildman–Crippen LogP) is 9.15. The van der Waals surface area contributed by atoms with Gasteiger partial charge in [0.25, 0.3) is 0 Å². The van der Waals surface area contributed by atoms with Gasteiger partial charge in [-0.3, -0.25) is 0 Å². The third-order valence-corrected chi connectivity index (χ3v) is 30.3. The van der Waals surface area contributed by atoms with E-state index in [0.717, 1.165) is 20.1 Å². The van der Waals surface area contributed by atoms with Crippen LogP contribution in [0.25, 0.3) is 0 Å². The molecule has 0 aliphatic rings. The van der Waals surface area contributed by atoms with E-state index < -0.39 is 39.5 Å². The van der Waals surface area contributed by atoms with Gasteiger partial charge < -0.3 is 0 Å². The van der Waals surface area contributed by atoms with Gasteiger partial charge in [-0.25, -0.2) is 0 Å². The molecule has 33 heavy (non-hydrogen) atoms. The monoisotopic (exact) mass is 742 g/mol. The molecule has 4 radical (unpaired) electrons. The van der Waals surface area contributed by atoms with Crippen LogP contribution in [0.3, 0.4) is 0 Å². The fourth-order valence-corrected chi connectivity index (χ4v) is 31.7. The quantitative estimate of drug-likeness (QED) is 0.163. The number of rotatable bonds is 8. The van der Waals surface area contributed by atoms with Crippen LogP contribution in [0.2, 0.25) is 20.1 Å². The molecule has 0 fully saturated rings. The van der Waals surface area contributed by atoms with E-state index in [-0.39, 0.29) is 0 Å². The second kappa shape index (κ2) is 12.8. The minimum atomic E-state index is -0.850. The van der Waals surface area contributed by atoms with Crippen molar-refractivity contribution in [2.75, 3.05) is 0 Å². The number of halogens is 4. The van der Waals surface area contributed by atoms with Gasteiger partial charge in [-0.05, 0) is 0 Å². The van der Waals surface area contributed by atoms with Crippen LogP contribution >= 0.6 is 52.5 Å². The molecule has 0 nitrogen and oxygen atoms in total. The maximum atomic E-state index is 6.17. The Hall–Kier alpha value is -0.0126. The van der Waals surface area contributed by atoms with Crippen LogP contribution in [0.1, 0.15) is 30.1 Å². The molecular weight excluding hydrogens is 724 g/mol. The second-order valence-electron chi connectivity index (χ2n) is 7.41. The molecule has 0 bridgehead atoms. The van der Waals surface area contributed by atoms with Gasteiger partial charge >= 0.3 is 239 Å². The molecule has 0 atom stereocenters. The molecule has 0 aliphatic heterocycles. The Balaban J connectivity index is 1.57. The van der Waals surface area contributed by atoms with Crippen molar-refractivity contribution in [3.63, 3.8) is 0 Å². The fraction of sp³-hybridized carbons (Fsp3) is 0.0769. The molecule has 0 aliphatic carbocycles. The molecular formula is C26H18Cl4SSn2. The SMILES string of the molecule is Clc1ccc([CH]([Sn][S][Sn][CH](c2ccc(Cl)cc2)c2ccc(Cl)cc2)c2ccc(Cl)cc2)cc1. The zero-order chi connectivity index (χ0) is 23.2. The Labute approximate surface area is 236 Å². The molecule has 0 saturated heterocycles. The standard InChI is InChI=1S/2C13H9Cl2.S.2Sn/c2*14-12-5-1-10(2-6-12)9-11-3-7-13(15)8-4-11;;;/h2*1-9H;;;. The molecule has 0 aromatic heterocycles. The van der Waals surface area contributed by atoms with E-state index >= 15 is 0 Å². The normalized spacial score (nSPS) is 11.3. The van der Waals surface area contributed by atoms with Gasteiger partial charge in [-0.1, -0.05) is 0 Å². The van der Waals surface area contributed by atoms with E-state index in [1.807, 2.05) is 48.5 Å². The zero-order valence-corrected chi connectivity index (χ0v) is 26.9. The van der Waals surface area contributed by atoms with Crippen molar-refractivity contribution in [3.8, 4) is 0 Å². The first kappa shape index (κ1) is 26.1. The van der Waals surface area contributed by atoms with Crippen molar-refractivity contribution in [1.82, 2.24) is 0 Å². The summed E-state index contributed by atoms with van der Waals surface area (Å²) in [6.07, 6.45) is 2.27. The zero-order valence-electron chi connectivity index (χ0n) is 17.3. The van der Waals surface area contributed by atoms with Crippen molar-refractivity contribution in [1.29, 1.82) is 0 Å². The summed E-state index contributed by atoms with van der Waals surface area (Å²) >= 11 is 23.0. The molecule has 0 heterocycles. The Morgan fingerprint density at radius 2 is 0.606 bits per heavy atom. The molecule has 0 unspecified atom stereocenters. The third-order valence-electron chi connectivity index (χ3n) is 5.17. The Kier molecular flexibility index (Phi) is 10.1. The van der Waals surface area contributed by atoms with Crippen LogP contribution in [-0.4, -0.2) is 39.5 Å². The van der Waals surface area contributed by atoms with E-state index in [1.165, 1.54) is 22.3 Å². The van der Waals surface area contributed by atoms with Gasteiger partial charge in [0.05, 0.1) is 0 Å². The van der Waals surface area contributed by atoms with Gasteiger partial charge in [-0.15, -0.1) is 0 Å². The van der Waals surface area contributed by atoms with Crippen LogP contribution < -0.4 is 0 Å². The van der Waals surface area contributed by atoms with Crippen molar-refractivity contribution in [2.45, 2.75) is 7.87 Å². The third kappa shape index (κ3) is 7.49. The summed E-state index contributed by atoms with van der Waals surface area (Å²) < 4.78 is 0.898. The summed E-state index contributed by atoms with van der Waals surface area (Å²) in [5.41, 5.74) is 5.37. The van der Waals surface area contributed by atoms with E-state index in [2.05, 4.69) is 54.7 Å². The number of hydrogen-bond acceptors (Lipinski definition) is 1. The summed E-state index contributed by atoms with van der Waals surface area (Å²) in [5.74, 6) is 0. The number of hydrogen-bond donors (Lipinski definition) is 0. The van der Waals surface area contributed by atoms with Gasteiger partial charge in [0.2, 0.25) is 0 Å². The second-order valence-corrected chi connectivity index (χ2v) is 30.6. The van der Waals surface area contributed by atoms with Gasteiger partial charge in [-0.2, -0.15) is 0 Å². The molecule has 4 aromatic rings.